The minimum atomic E-state index is -1.37. The van der Waals surface area contributed by atoms with Gasteiger partial charge >= 0.3 is 11.9 Å². The average molecular weight is 252 g/mol. The Hall–Kier alpha value is -1.10. The molecule has 0 saturated carbocycles. The highest BCUT2D eigenvalue weighted by Crippen LogP contribution is 2.31. The molecule has 0 saturated heterocycles. The summed E-state index contributed by atoms with van der Waals surface area (Å²) < 4.78 is 0. The predicted octanol–water partition coefficient (Wildman–Crippen LogP) is 1.84. The smallest absolute Gasteiger partial charge is 0.331 e. The third-order valence-electron chi connectivity index (χ3n) is 2.78. The Labute approximate surface area is 101 Å². The lowest BCUT2D eigenvalue weighted by Gasteiger charge is -2.31. The van der Waals surface area contributed by atoms with Gasteiger partial charge in [-0.3, -0.25) is 9.79 Å². The van der Waals surface area contributed by atoms with E-state index < -0.39 is 23.4 Å². The minimum absolute atomic E-state index is 0. The number of halogens is 1. The summed E-state index contributed by atoms with van der Waals surface area (Å²) in [6.07, 6.45) is 0.499. The number of carboxylic acid groups (broad SMARTS) is 2. The van der Waals surface area contributed by atoms with Gasteiger partial charge in [-0.25, -0.2) is 4.79 Å². The summed E-state index contributed by atoms with van der Waals surface area (Å²) >= 11 is 0. The maximum atomic E-state index is 11.1. The summed E-state index contributed by atoms with van der Waals surface area (Å²) in [5, 5.41) is 17.8. The van der Waals surface area contributed by atoms with Crippen LogP contribution in [0.3, 0.4) is 0 Å². The van der Waals surface area contributed by atoms with Gasteiger partial charge in [-0.1, -0.05) is 13.8 Å². The average Bonchev–Trinajstić information content (AvgIpc) is 2.17. The fourth-order valence-electron chi connectivity index (χ4n) is 1.78. The van der Waals surface area contributed by atoms with Gasteiger partial charge in [0.1, 0.15) is 0 Å². The number of aliphatic carboxylic acids is 2. The predicted molar refractivity (Wildman–Crippen MR) is 63.5 cm³/mol. The first-order valence-electron chi connectivity index (χ1n) is 4.87. The summed E-state index contributed by atoms with van der Waals surface area (Å²) in [4.78, 5) is 25.4. The van der Waals surface area contributed by atoms with Gasteiger partial charge in [0.25, 0.3) is 0 Å². The Morgan fingerprint density at radius 3 is 2.06 bits per heavy atom. The molecule has 0 bridgehead atoms. The molecule has 0 heterocycles. The van der Waals surface area contributed by atoms with E-state index in [0.717, 1.165) is 0 Å². The highest BCUT2D eigenvalue weighted by molar-refractivity contribution is 5.85. The number of hydrogen-bond donors (Lipinski definition) is 2. The van der Waals surface area contributed by atoms with Crippen LogP contribution in [0.2, 0.25) is 0 Å². The molecule has 2 atom stereocenters. The first-order valence-corrected chi connectivity index (χ1v) is 4.87. The molecule has 0 fully saturated rings. The van der Waals surface area contributed by atoms with Gasteiger partial charge in [-0.05, 0) is 19.6 Å². The topological polar surface area (TPSA) is 87.0 Å². The van der Waals surface area contributed by atoms with Gasteiger partial charge in [-0.15, -0.1) is 12.4 Å². The van der Waals surface area contributed by atoms with Crippen molar-refractivity contribution < 1.29 is 19.8 Å². The summed E-state index contributed by atoms with van der Waals surface area (Å²) in [5.41, 5.74) is -1.37. The highest BCUT2D eigenvalue weighted by atomic mass is 35.5. The summed E-state index contributed by atoms with van der Waals surface area (Å²) in [6.45, 7) is 6.71. The molecule has 94 valence electrons. The standard InChI is InChI=1S/C10H17NO4.ClH/c1-4-7(6-8(12)13)10(5-2,11-3)9(14)15;/h7H,3-6H2,1-2H3,(H,12,13)(H,14,15);1H/t7?,10-;/m1./s1. The first-order chi connectivity index (χ1) is 6.94. The molecule has 1 unspecified atom stereocenters. The molecule has 0 aromatic heterocycles. The Balaban J connectivity index is 0. The molecular weight excluding hydrogens is 234 g/mol. The molecule has 16 heavy (non-hydrogen) atoms. The molecule has 5 nitrogen and oxygen atoms in total. The molecule has 6 heteroatoms. The van der Waals surface area contributed by atoms with E-state index >= 15 is 0 Å². The zero-order valence-corrected chi connectivity index (χ0v) is 10.3. The SMILES string of the molecule is C=N[C@@](CC)(C(=O)O)C(CC)CC(=O)O.Cl. The van der Waals surface area contributed by atoms with E-state index in [4.69, 9.17) is 10.2 Å². The molecule has 0 rings (SSSR count). The van der Waals surface area contributed by atoms with E-state index in [2.05, 4.69) is 11.7 Å². The van der Waals surface area contributed by atoms with Crippen LogP contribution >= 0.6 is 12.4 Å². The molecule has 2 N–H and O–H groups in total. The van der Waals surface area contributed by atoms with E-state index in [-0.39, 0.29) is 25.2 Å². The lowest BCUT2D eigenvalue weighted by atomic mass is 9.78. The Morgan fingerprint density at radius 2 is 1.88 bits per heavy atom. The molecular formula is C10H18ClNO4. The van der Waals surface area contributed by atoms with Gasteiger partial charge < -0.3 is 10.2 Å². The van der Waals surface area contributed by atoms with Gasteiger partial charge in [0, 0.05) is 5.92 Å². The van der Waals surface area contributed by atoms with Crippen LogP contribution in [0.5, 0.6) is 0 Å². The minimum Gasteiger partial charge on any atom is -0.481 e. The molecule has 0 spiro atoms. The lowest BCUT2D eigenvalue weighted by Crippen LogP contribution is -2.44. The maximum Gasteiger partial charge on any atom is 0.331 e. The fraction of sp³-hybridized carbons (Fsp3) is 0.700. The number of hydrogen-bond acceptors (Lipinski definition) is 3. The molecule has 0 amide bonds. The van der Waals surface area contributed by atoms with E-state index in [9.17, 15) is 9.59 Å². The maximum absolute atomic E-state index is 11.1. The zero-order valence-electron chi connectivity index (χ0n) is 9.47. The summed E-state index contributed by atoms with van der Waals surface area (Å²) in [7, 11) is 0. The lowest BCUT2D eigenvalue weighted by molar-refractivity contribution is -0.147. The third kappa shape index (κ3) is 3.48. The van der Waals surface area contributed by atoms with Crippen molar-refractivity contribution in [3.8, 4) is 0 Å². The van der Waals surface area contributed by atoms with Crippen molar-refractivity contribution in [2.75, 3.05) is 0 Å². The van der Waals surface area contributed by atoms with Crippen molar-refractivity contribution in [1.82, 2.24) is 0 Å². The Kier molecular flexibility index (Phi) is 7.81. The van der Waals surface area contributed by atoms with Crippen molar-refractivity contribution in [1.29, 1.82) is 0 Å². The Morgan fingerprint density at radius 1 is 1.38 bits per heavy atom. The number of rotatable bonds is 7. The quantitative estimate of drug-likeness (QED) is 0.676. The molecule has 0 aromatic rings. The van der Waals surface area contributed by atoms with Crippen LogP contribution in [0.1, 0.15) is 33.1 Å². The summed E-state index contributed by atoms with van der Waals surface area (Å²) in [5.74, 6) is -2.63. The largest absolute Gasteiger partial charge is 0.481 e. The molecule has 0 aliphatic rings. The number of carboxylic acids is 2. The summed E-state index contributed by atoms with van der Waals surface area (Å²) in [6, 6.07) is 0. The van der Waals surface area contributed by atoms with E-state index in [1.807, 2.05) is 0 Å². The van der Waals surface area contributed by atoms with Gasteiger partial charge in [0.05, 0.1) is 6.42 Å². The second-order valence-corrected chi connectivity index (χ2v) is 3.44. The van der Waals surface area contributed by atoms with Crippen molar-refractivity contribution in [2.45, 2.75) is 38.6 Å². The monoisotopic (exact) mass is 251 g/mol. The molecule has 0 aromatic carbocycles. The van der Waals surface area contributed by atoms with E-state index in [0.29, 0.717) is 6.42 Å². The first kappa shape index (κ1) is 17.3. The molecule has 0 aliphatic heterocycles. The van der Waals surface area contributed by atoms with E-state index in [1.54, 1.807) is 13.8 Å². The number of nitrogens with zero attached hydrogens (tertiary/aromatic N) is 1. The van der Waals surface area contributed by atoms with E-state index in [1.165, 1.54) is 0 Å². The normalized spacial score (nSPS) is 15.4. The van der Waals surface area contributed by atoms with Crippen LogP contribution in [0.4, 0.5) is 0 Å². The van der Waals surface area contributed by atoms with Gasteiger partial charge in [0.2, 0.25) is 0 Å². The molecule has 0 radical (unpaired) electrons. The van der Waals surface area contributed by atoms with Gasteiger partial charge in [0.15, 0.2) is 5.54 Å². The van der Waals surface area contributed by atoms with Crippen LogP contribution in [-0.4, -0.2) is 34.4 Å². The number of aliphatic imine (C=N–C) groups is 1. The van der Waals surface area contributed by atoms with Crippen LogP contribution in [-0.2, 0) is 9.59 Å². The van der Waals surface area contributed by atoms with Crippen LogP contribution in [0, 0.1) is 5.92 Å². The van der Waals surface area contributed by atoms with Crippen molar-refractivity contribution in [2.24, 2.45) is 10.9 Å². The second-order valence-electron chi connectivity index (χ2n) is 3.44. The van der Waals surface area contributed by atoms with Crippen molar-refractivity contribution >= 4 is 31.1 Å². The van der Waals surface area contributed by atoms with Crippen molar-refractivity contribution in [3.63, 3.8) is 0 Å². The van der Waals surface area contributed by atoms with Crippen LogP contribution in [0.25, 0.3) is 0 Å². The van der Waals surface area contributed by atoms with Crippen LogP contribution < -0.4 is 0 Å². The second kappa shape index (κ2) is 7.22. The molecule has 0 aliphatic carbocycles. The third-order valence-corrected chi connectivity index (χ3v) is 2.78. The highest BCUT2D eigenvalue weighted by Gasteiger charge is 2.43. The Bertz CT molecular complexity index is 270. The zero-order chi connectivity index (χ0) is 12.1. The van der Waals surface area contributed by atoms with Crippen LogP contribution in [0.15, 0.2) is 4.99 Å². The van der Waals surface area contributed by atoms with Crippen molar-refractivity contribution in [3.05, 3.63) is 0 Å². The number of carbonyl (C=O) groups is 2. The van der Waals surface area contributed by atoms with Gasteiger partial charge in [-0.2, -0.15) is 0 Å². The fourth-order valence-corrected chi connectivity index (χ4v) is 1.78.